The smallest absolute Gasteiger partial charge is 0.306 e. The maximum atomic E-state index is 11.9. The van der Waals surface area contributed by atoms with Gasteiger partial charge < -0.3 is 20.8 Å². The summed E-state index contributed by atoms with van der Waals surface area (Å²) in [6.07, 6.45) is 3.60. The number of nitrogens with one attached hydrogen (secondary N) is 2. The van der Waals surface area contributed by atoms with Gasteiger partial charge in [-0.2, -0.15) is 0 Å². The Hall–Kier alpha value is -1.14. The van der Waals surface area contributed by atoms with Crippen molar-refractivity contribution in [3.63, 3.8) is 0 Å². The molecule has 18 heavy (non-hydrogen) atoms. The van der Waals surface area contributed by atoms with Crippen LogP contribution in [-0.4, -0.2) is 46.8 Å². The van der Waals surface area contributed by atoms with Crippen LogP contribution in [0.2, 0.25) is 0 Å². The van der Waals surface area contributed by atoms with Crippen LogP contribution in [0.15, 0.2) is 0 Å². The molecule has 4 N–H and O–H groups in total. The molecule has 0 aromatic rings. The van der Waals surface area contributed by atoms with E-state index in [4.69, 9.17) is 5.11 Å². The zero-order valence-electron chi connectivity index (χ0n) is 10.7. The lowest BCUT2D eigenvalue weighted by molar-refractivity contribution is -0.142. The van der Waals surface area contributed by atoms with Gasteiger partial charge in [-0.25, -0.2) is 0 Å². The molecule has 1 heterocycles. The van der Waals surface area contributed by atoms with E-state index in [0.717, 1.165) is 32.2 Å². The molecule has 2 atom stereocenters. The standard InChI is InChI=1S/C12H22N2O4/c1-12(18,7-10(15)16)8-14-11(17)9-5-3-2-4-6-13-9/h9,13,18H,2-8H2,1H3,(H,14,17)(H,15,16). The Morgan fingerprint density at radius 1 is 1.39 bits per heavy atom. The third-order valence-corrected chi connectivity index (χ3v) is 3.05. The third kappa shape index (κ3) is 5.46. The van der Waals surface area contributed by atoms with Crippen LogP contribution in [0.1, 0.15) is 39.0 Å². The Kier molecular flexibility index (Phi) is 5.55. The Labute approximate surface area is 107 Å². The Morgan fingerprint density at radius 2 is 2.11 bits per heavy atom. The molecule has 0 bridgehead atoms. The van der Waals surface area contributed by atoms with Crippen LogP contribution in [0.4, 0.5) is 0 Å². The van der Waals surface area contributed by atoms with Gasteiger partial charge in [0.15, 0.2) is 0 Å². The minimum absolute atomic E-state index is 0.0453. The number of carbonyl (C=O) groups is 2. The quantitative estimate of drug-likeness (QED) is 0.550. The molecular weight excluding hydrogens is 236 g/mol. The summed E-state index contributed by atoms with van der Waals surface area (Å²) in [5.74, 6) is -1.25. The topological polar surface area (TPSA) is 98.7 Å². The maximum Gasteiger partial charge on any atom is 0.306 e. The number of aliphatic hydroxyl groups is 1. The molecule has 1 amide bonds. The SMILES string of the molecule is CC(O)(CNC(=O)C1CCCCCN1)CC(=O)O. The summed E-state index contributed by atoms with van der Waals surface area (Å²) in [6.45, 7) is 2.18. The van der Waals surface area contributed by atoms with Crippen LogP contribution in [-0.2, 0) is 9.59 Å². The van der Waals surface area contributed by atoms with Crippen molar-refractivity contribution in [1.82, 2.24) is 10.6 Å². The molecule has 6 heteroatoms. The molecule has 0 radical (unpaired) electrons. The van der Waals surface area contributed by atoms with Gasteiger partial charge in [-0.05, 0) is 26.3 Å². The molecule has 0 aromatic heterocycles. The van der Waals surface area contributed by atoms with Gasteiger partial charge in [0.2, 0.25) is 5.91 Å². The Balaban J connectivity index is 2.37. The number of hydrogen-bond donors (Lipinski definition) is 4. The molecule has 104 valence electrons. The van der Waals surface area contributed by atoms with E-state index in [1.807, 2.05) is 0 Å². The molecule has 1 fully saturated rings. The zero-order chi connectivity index (χ0) is 13.6. The van der Waals surface area contributed by atoms with Crippen molar-refractivity contribution in [2.75, 3.05) is 13.1 Å². The molecule has 1 saturated heterocycles. The average Bonchev–Trinajstić information content (AvgIpc) is 2.52. The van der Waals surface area contributed by atoms with Crippen molar-refractivity contribution in [1.29, 1.82) is 0 Å². The summed E-state index contributed by atoms with van der Waals surface area (Å²) < 4.78 is 0. The number of carboxylic acid groups (broad SMARTS) is 1. The van der Waals surface area contributed by atoms with Gasteiger partial charge in [0.05, 0.1) is 18.1 Å². The molecule has 6 nitrogen and oxygen atoms in total. The maximum absolute atomic E-state index is 11.9. The first-order chi connectivity index (χ1) is 8.41. The van der Waals surface area contributed by atoms with E-state index >= 15 is 0 Å². The van der Waals surface area contributed by atoms with Crippen LogP contribution >= 0.6 is 0 Å². The molecule has 1 aliphatic rings. The van der Waals surface area contributed by atoms with E-state index in [1.54, 1.807) is 0 Å². The van der Waals surface area contributed by atoms with Crippen molar-refractivity contribution < 1.29 is 19.8 Å². The monoisotopic (exact) mass is 258 g/mol. The largest absolute Gasteiger partial charge is 0.481 e. The summed E-state index contributed by atoms with van der Waals surface area (Å²) in [4.78, 5) is 22.4. The van der Waals surface area contributed by atoms with Gasteiger partial charge in [-0.15, -0.1) is 0 Å². The number of amides is 1. The molecule has 0 spiro atoms. The summed E-state index contributed by atoms with van der Waals surface area (Å²) >= 11 is 0. The minimum Gasteiger partial charge on any atom is -0.481 e. The van der Waals surface area contributed by atoms with Crippen molar-refractivity contribution in [2.24, 2.45) is 0 Å². The first-order valence-corrected chi connectivity index (χ1v) is 6.36. The molecule has 1 rings (SSSR count). The fraction of sp³-hybridized carbons (Fsp3) is 0.833. The van der Waals surface area contributed by atoms with Crippen LogP contribution in [0.5, 0.6) is 0 Å². The van der Waals surface area contributed by atoms with Crippen LogP contribution in [0, 0.1) is 0 Å². The van der Waals surface area contributed by atoms with Gasteiger partial charge in [0.25, 0.3) is 0 Å². The zero-order valence-corrected chi connectivity index (χ0v) is 10.7. The highest BCUT2D eigenvalue weighted by molar-refractivity contribution is 5.81. The van der Waals surface area contributed by atoms with E-state index in [9.17, 15) is 14.7 Å². The molecule has 2 unspecified atom stereocenters. The summed E-state index contributed by atoms with van der Waals surface area (Å²) in [5, 5.41) is 24.1. The number of rotatable bonds is 5. The number of hydrogen-bond acceptors (Lipinski definition) is 4. The second-order valence-electron chi connectivity index (χ2n) is 5.14. The number of carbonyl (C=O) groups excluding carboxylic acids is 1. The molecule has 0 aromatic carbocycles. The van der Waals surface area contributed by atoms with E-state index in [1.165, 1.54) is 6.92 Å². The summed E-state index contributed by atoms with van der Waals surface area (Å²) in [6, 6.07) is -0.229. The Morgan fingerprint density at radius 3 is 2.78 bits per heavy atom. The fourth-order valence-corrected chi connectivity index (χ4v) is 2.04. The van der Waals surface area contributed by atoms with E-state index < -0.39 is 11.6 Å². The predicted molar refractivity (Wildman–Crippen MR) is 66.1 cm³/mol. The van der Waals surface area contributed by atoms with E-state index in [0.29, 0.717) is 0 Å². The average molecular weight is 258 g/mol. The third-order valence-electron chi connectivity index (χ3n) is 3.05. The van der Waals surface area contributed by atoms with Crippen LogP contribution < -0.4 is 10.6 Å². The van der Waals surface area contributed by atoms with Crippen molar-refractivity contribution in [2.45, 2.75) is 50.7 Å². The van der Waals surface area contributed by atoms with Gasteiger partial charge in [-0.3, -0.25) is 9.59 Å². The van der Waals surface area contributed by atoms with E-state index in [-0.39, 0.29) is 24.9 Å². The molecule has 0 saturated carbocycles. The second kappa shape index (κ2) is 6.70. The van der Waals surface area contributed by atoms with Crippen molar-refractivity contribution in [3.8, 4) is 0 Å². The number of aliphatic carboxylic acids is 1. The van der Waals surface area contributed by atoms with E-state index in [2.05, 4.69) is 10.6 Å². The van der Waals surface area contributed by atoms with Crippen molar-refractivity contribution in [3.05, 3.63) is 0 Å². The lowest BCUT2D eigenvalue weighted by Crippen LogP contribution is -2.49. The predicted octanol–water partition coefficient (Wildman–Crippen LogP) is -0.139. The summed E-state index contributed by atoms with van der Waals surface area (Å²) in [5.41, 5.74) is -1.41. The first kappa shape index (κ1) is 14.9. The van der Waals surface area contributed by atoms with Crippen LogP contribution in [0.25, 0.3) is 0 Å². The van der Waals surface area contributed by atoms with Gasteiger partial charge >= 0.3 is 5.97 Å². The molecular formula is C12H22N2O4. The fourth-order valence-electron chi connectivity index (χ4n) is 2.04. The normalized spacial score (nSPS) is 23.8. The van der Waals surface area contributed by atoms with Crippen molar-refractivity contribution >= 4 is 11.9 Å². The highest BCUT2D eigenvalue weighted by Crippen LogP contribution is 2.10. The van der Waals surface area contributed by atoms with Gasteiger partial charge in [0.1, 0.15) is 0 Å². The van der Waals surface area contributed by atoms with Crippen LogP contribution in [0.3, 0.4) is 0 Å². The summed E-state index contributed by atoms with van der Waals surface area (Å²) in [7, 11) is 0. The van der Waals surface area contributed by atoms with Gasteiger partial charge in [0, 0.05) is 6.54 Å². The Bertz CT molecular complexity index is 296. The highest BCUT2D eigenvalue weighted by atomic mass is 16.4. The minimum atomic E-state index is -1.41. The molecule has 1 aliphatic heterocycles. The lowest BCUT2D eigenvalue weighted by atomic mass is 10.0. The van der Waals surface area contributed by atoms with Gasteiger partial charge in [-0.1, -0.05) is 12.8 Å². The lowest BCUT2D eigenvalue weighted by Gasteiger charge is -2.23. The second-order valence-corrected chi connectivity index (χ2v) is 5.14. The number of carboxylic acids is 1. The first-order valence-electron chi connectivity index (χ1n) is 6.36. The highest BCUT2D eigenvalue weighted by Gasteiger charge is 2.27. The molecule has 0 aliphatic carbocycles.